The highest BCUT2D eigenvalue weighted by molar-refractivity contribution is 8.00. The predicted octanol–water partition coefficient (Wildman–Crippen LogP) is 3.86. The van der Waals surface area contributed by atoms with Crippen molar-refractivity contribution in [1.82, 2.24) is 15.6 Å². The molecule has 4 nitrogen and oxygen atoms in total. The highest BCUT2D eigenvalue weighted by atomic mass is 32.2. The van der Waals surface area contributed by atoms with Crippen LogP contribution in [0.1, 0.15) is 30.5 Å². The number of guanidine groups is 1. The van der Waals surface area contributed by atoms with Gasteiger partial charge in [0.15, 0.2) is 5.96 Å². The topological polar surface area (TPSA) is 49.3 Å². The maximum atomic E-state index is 4.31. The molecule has 0 aliphatic heterocycles. The quantitative estimate of drug-likeness (QED) is 0.345. The Hall–Kier alpha value is -1.53. The smallest absolute Gasteiger partial charge is 0.191 e. The second-order valence-electron chi connectivity index (χ2n) is 5.22. The third-order valence-electron chi connectivity index (χ3n) is 3.48. The molecule has 2 rings (SSSR count). The first kappa shape index (κ1) is 17.8. The molecule has 2 aromatic rings. The van der Waals surface area contributed by atoms with Gasteiger partial charge in [-0.25, -0.2) is 4.98 Å². The highest BCUT2D eigenvalue weighted by Crippen LogP contribution is 2.20. The van der Waals surface area contributed by atoms with Gasteiger partial charge in [0.1, 0.15) is 4.34 Å². The molecule has 124 valence electrons. The van der Waals surface area contributed by atoms with Crippen molar-refractivity contribution in [2.24, 2.45) is 4.99 Å². The van der Waals surface area contributed by atoms with Crippen LogP contribution in [0.2, 0.25) is 0 Å². The summed E-state index contributed by atoms with van der Waals surface area (Å²) < 4.78 is 1.14. The summed E-state index contributed by atoms with van der Waals surface area (Å²) in [7, 11) is 1.81. The summed E-state index contributed by atoms with van der Waals surface area (Å²) in [5.74, 6) is 1.91. The zero-order valence-electron chi connectivity index (χ0n) is 13.9. The molecule has 0 saturated carbocycles. The molecule has 0 radical (unpaired) electrons. The van der Waals surface area contributed by atoms with Gasteiger partial charge in [-0.1, -0.05) is 36.0 Å². The SMILES string of the molecule is CN=C(NCCCSc1nccs1)NC(C)c1ccccc1C. The molecule has 0 spiro atoms. The van der Waals surface area contributed by atoms with Crippen molar-refractivity contribution < 1.29 is 0 Å². The lowest BCUT2D eigenvalue weighted by Gasteiger charge is -2.19. The number of benzene rings is 1. The van der Waals surface area contributed by atoms with E-state index >= 15 is 0 Å². The van der Waals surface area contributed by atoms with Gasteiger partial charge in [-0.15, -0.1) is 11.3 Å². The van der Waals surface area contributed by atoms with Crippen LogP contribution in [0.4, 0.5) is 0 Å². The van der Waals surface area contributed by atoms with Crippen molar-refractivity contribution in [3.63, 3.8) is 0 Å². The Bertz CT molecular complexity index is 611. The van der Waals surface area contributed by atoms with E-state index in [0.29, 0.717) is 0 Å². The molecule has 6 heteroatoms. The third kappa shape index (κ3) is 5.88. The number of thiazole rings is 1. The summed E-state index contributed by atoms with van der Waals surface area (Å²) in [4.78, 5) is 8.58. The standard InChI is InChI=1S/C17H24N4S2/c1-13-7-4-5-8-15(13)14(2)21-16(18-3)19-9-6-11-22-17-20-10-12-23-17/h4-5,7-8,10,12,14H,6,9,11H2,1-3H3,(H2,18,19,21). The van der Waals surface area contributed by atoms with Gasteiger partial charge in [-0.3, -0.25) is 4.99 Å². The van der Waals surface area contributed by atoms with E-state index in [9.17, 15) is 0 Å². The van der Waals surface area contributed by atoms with Gasteiger partial charge in [0.2, 0.25) is 0 Å². The van der Waals surface area contributed by atoms with Gasteiger partial charge in [-0.2, -0.15) is 0 Å². The summed E-state index contributed by atoms with van der Waals surface area (Å²) in [6.45, 7) is 5.20. The summed E-state index contributed by atoms with van der Waals surface area (Å²) in [6.07, 6.45) is 2.92. The Balaban J connectivity index is 1.72. The van der Waals surface area contributed by atoms with E-state index in [4.69, 9.17) is 0 Å². The highest BCUT2D eigenvalue weighted by Gasteiger charge is 2.09. The van der Waals surface area contributed by atoms with Crippen LogP contribution in [0.5, 0.6) is 0 Å². The van der Waals surface area contributed by atoms with E-state index in [2.05, 4.69) is 58.7 Å². The summed E-state index contributed by atoms with van der Waals surface area (Å²) >= 11 is 3.50. The average Bonchev–Trinajstić information content (AvgIpc) is 3.07. The Morgan fingerprint density at radius 2 is 2.22 bits per heavy atom. The van der Waals surface area contributed by atoms with E-state index < -0.39 is 0 Å². The number of aliphatic imine (C=N–C) groups is 1. The molecule has 0 amide bonds. The number of hydrogen-bond donors (Lipinski definition) is 2. The molecule has 0 bridgehead atoms. The number of aryl methyl sites for hydroxylation is 1. The average molecular weight is 349 g/mol. The molecule has 23 heavy (non-hydrogen) atoms. The normalized spacial score (nSPS) is 12.9. The third-order valence-corrected chi connectivity index (χ3v) is 5.53. The monoisotopic (exact) mass is 348 g/mol. The zero-order valence-corrected chi connectivity index (χ0v) is 15.5. The maximum Gasteiger partial charge on any atom is 0.191 e. The van der Waals surface area contributed by atoms with Gasteiger partial charge in [0.25, 0.3) is 0 Å². The number of hydrogen-bond acceptors (Lipinski definition) is 4. The van der Waals surface area contributed by atoms with Crippen molar-refractivity contribution in [2.75, 3.05) is 19.3 Å². The van der Waals surface area contributed by atoms with Gasteiger partial charge in [0.05, 0.1) is 6.04 Å². The van der Waals surface area contributed by atoms with Crippen LogP contribution in [0.15, 0.2) is 45.2 Å². The van der Waals surface area contributed by atoms with Gasteiger partial charge in [-0.05, 0) is 31.4 Å². The second kappa shape index (κ2) is 9.57. The minimum absolute atomic E-state index is 0.229. The van der Waals surface area contributed by atoms with Crippen molar-refractivity contribution in [2.45, 2.75) is 30.6 Å². The summed E-state index contributed by atoms with van der Waals surface area (Å²) in [5.41, 5.74) is 2.59. The molecule has 1 atom stereocenters. The number of thioether (sulfide) groups is 1. The predicted molar refractivity (Wildman–Crippen MR) is 102 cm³/mol. The minimum Gasteiger partial charge on any atom is -0.356 e. The fourth-order valence-electron chi connectivity index (χ4n) is 2.27. The largest absolute Gasteiger partial charge is 0.356 e. The fraction of sp³-hybridized carbons (Fsp3) is 0.412. The first-order valence-electron chi connectivity index (χ1n) is 7.75. The van der Waals surface area contributed by atoms with Crippen LogP contribution in [0.3, 0.4) is 0 Å². The van der Waals surface area contributed by atoms with Crippen LogP contribution in [-0.4, -0.2) is 30.3 Å². The molecule has 2 N–H and O–H groups in total. The molecule has 0 saturated heterocycles. The Kier molecular flexibility index (Phi) is 7.42. The van der Waals surface area contributed by atoms with Crippen molar-refractivity contribution >= 4 is 29.1 Å². The molecule has 0 aliphatic carbocycles. The van der Waals surface area contributed by atoms with Crippen molar-refractivity contribution in [1.29, 1.82) is 0 Å². The van der Waals surface area contributed by atoms with Gasteiger partial charge in [0, 0.05) is 30.9 Å². The van der Waals surface area contributed by atoms with Crippen LogP contribution in [0, 0.1) is 6.92 Å². The molecule has 0 aliphatic rings. The zero-order chi connectivity index (χ0) is 16.5. The number of rotatable bonds is 7. The molecule has 1 heterocycles. The summed E-state index contributed by atoms with van der Waals surface area (Å²) in [6, 6.07) is 8.67. The van der Waals surface area contributed by atoms with Gasteiger partial charge < -0.3 is 10.6 Å². The lowest BCUT2D eigenvalue weighted by atomic mass is 10.0. The lowest BCUT2D eigenvalue weighted by Crippen LogP contribution is -2.39. The van der Waals surface area contributed by atoms with Crippen LogP contribution < -0.4 is 10.6 Å². The Morgan fingerprint density at radius 3 is 2.91 bits per heavy atom. The lowest BCUT2D eigenvalue weighted by molar-refractivity contribution is 0.679. The summed E-state index contributed by atoms with van der Waals surface area (Å²) in [5, 5.41) is 8.84. The van der Waals surface area contributed by atoms with E-state index in [-0.39, 0.29) is 6.04 Å². The Labute approximate surface area is 146 Å². The fourth-order valence-corrected chi connectivity index (χ4v) is 3.92. The van der Waals surface area contributed by atoms with Gasteiger partial charge >= 0.3 is 0 Å². The number of nitrogens with zero attached hydrogens (tertiary/aromatic N) is 2. The van der Waals surface area contributed by atoms with Crippen molar-refractivity contribution in [3.8, 4) is 0 Å². The number of aromatic nitrogens is 1. The first-order valence-corrected chi connectivity index (χ1v) is 9.62. The molecule has 1 aromatic heterocycles. The molecule has 1 aromatic carbocycles. The second-order valence-corrected chi connectivity index (χ2v) is 7.46. The molecular weight excluding hydrogens is 324 g/mol. The number of nitrogens with one attached hydrogen (secondary N) is 2. The molecule has 0 fully saturated rings. The van der Waals surface area contributed by atoms with E-state index in [1.54, 1.807) is 23.1 Å². The minimum atomic E-state index is 0.229. The van der Waals surface area contributed by atoms with E-state index in [1.165, 1.54) is 11.1 Å². The van der Waals surface area contributed by atoms with E-state index in [1.807, 2.05) is 18.6 Å². The molecule has 1 unspecified atom stereocenters. The van der Waals surface area contributed by atoms with Crippen LogP contribution in [0.25, 0.3) is 0 Å². The van der Waals surface area contributed by atoms with Crippen LogP contribution in [-0.2, 0) is 0 Å². The van der Waals surface area contributed by atoms with E-state index in [0.717, 1.165) is 29.0 Å². The first-order chi connectivity index (χ1) is 11.2. The Morgan fingerprint density at radius 1 is 1.39 bits per heavy atom. The maximum absolute atomic E-state index is 4.31. The van der Waals surface area contributed by atoms with Crippen LogP contribution >= 0.6 is 23.1 Å². The molecular formula is C17H24N4S2. The van der Waals surface area contributed by atoms with Crippen molar-refractivity contribution in [3.05, 3.63) is 47.0 Å².